The van der Waals surface area contributed by atoms with Crippen molar-refractivity contribution >= 4 is 17.7 Å². The highest BCUT2D eigenvalue weighted by Crippen LogP contribution is 2.37. The molecule has 9 heteroatoms. The summed E-state index contributed by atoms with van der Waals surface area (Å²) in [4.78, 5) is 39.3. The van der Waals surface area contributed by atoms with E-state index in [1.165, 1.54) is 0 Å². The van der Waals surface area contributed by atoms with Crippen LogP contribution in [0.25, 0.3) is 0 Å². The van der Waals surface area contributed by atoms with Gasteiger partial charge in [0, 0.05) is 5.56 Å². The molecule has 0 saturated carbocycles. The molecule has 9 nitrogen and oxygen atoms in total. The SMILES string of the molecule is C[C@]1(c2ccc3c(c2)OCCO3)NC(=O)N(CC(=O)c2ccc3c(c2)OCO3)C1=O. The van der Waals surface area contributed by atoms with E-state index in [1.54, 1.807) is 43.3 Å². The van der Waals surface area contributed by atoms with Crippen molar-refractivity contribution in [2.24, 2.45) is 0 Å². The van der Waals surface area contributed by atoms with Gasteiger partial charge in [-0.15, -0.1) is 0 Å². The summed E-state index contributed by atoms with van der Waals surface area (Å²) in [7, 11) is 0. The van der Waals surface area contributed by atoms with Crippen molar-refractivity contribution in [1.82, 2.24) is 10.2 Å². The number of hydrogen-bond acceptors (Lipinski definition) is 7. The Labute approximate surface area is 171 Å². The average molecular weight is 410 g/mol. The summed E-state index contributed by atoms with van der Waals surface area (Å²) in [6, 6.07) is 9.20. The van der Waals surface area contributed by atoms with Crippen molar-refractivity contribution < 1.29 is 33.3 Å². The number of benzene rings is 2. The van der Waals surface area contributed by atoms with Gasteiger partial charge >= 0.3 is 6.03 Å². The van der Waals surface area contributed by atoms with E-state index in [9.17, 15) is 14.4 Å². The van der Waals surface area contributed by atoms with E-state index in [0.717, 1.165) is 4.90 Å². The summed E-state index contributed by atoms with van der Waals surface area (Å²) in [6.07, 6.45) is 0. The molecule has 0 aliphatic carbocycles. The van der Waals surface area contributed by atoms with Crippen molar-refractivity contribution in [3.8, 4) is 23.0 Å². The Bertz CT molecular complexity index is 1080. The highest BCUT2D eigenvalue weighted by atomic mass is 16.7. The van der Waals surface area contributed by atoms with Gasteiger partial charge in [0.25, 0.3) is 5.91 Å². The van der Waals surface area contributed by atoms with Crippen molar-refractivity contribution in [3.63, 3.8) is 0 Å². The number of rotatable bonds is 4. The molecule has 2 aromatic rings. The zero-order chi connectivity index (χ0) is 20.9. The van der Waals surface area contributed by atoms with Crippen LogP contribution in [0.1, 0.15) is 22.8 Å². The number of hydrogen-bond donors (Lipinski definition) is 1. The highest BCUT2D eigenvalue weighted by Gasteiger charge is 2.49. The number of imide groups is 1. The summed E-state index contributed by atoms with van der Waals surface area (Å²) < 4.78 is 21.6. The molecule has 1 fully saturated rings. The van der Waals surface area contributed by atoms with Gasteiger partial charge in [-0.3, -0.25) is 14.5 Å². The number of nitrogens with zero attached hydrogens (tertiary/aromatic N) is 1. The second-order valence-electron chi connectivity index (χ2n) is 7.30. The molecule has 5 rings (SSSR count). The number of ether oxygens (including phenoxy) is 4. The Hall–Kier alpha value is -3.75. The first-order valence-corrected chi connectivity index (χ1v) is 9.43. The molecular formula is C21H18N2O7. The van der Waals surface area contributed by atoms with E-state index in [1.807, 2.05) is 0 Å². The van der Waals surface area contributed by atoms with Crippen LogP contribution >= 0.6 is 0 Å². The van der Waals surface area contributed by atoms with Crippen LogP contribution in [0.3, 0.4) is 0 Å². The van der Waals surface area contributed by atoms with Gasteiger partial charge in [-0.1, -0.05) is 6.07 Å². The summed E-state index contributed by atoms with van der Waals surface area (Å²) in [6.45, 7) is 2.17. The lowest BCUT2D eigenvalue weighted by Crippen LogP contribution is -2.41. The minimum atomic E-state index is -1.32. The van der Waals surface area contributed by atoms with Crippen LogP contribution in [0.5, 0.6) is 23.0 Å². The average Bonchev–Trinajstić information content (AvgIpc) is 3.31. The fourth-order valence-corrected chi connectivity index (χ4v) is 3.70. The molecule has 0 aromatic heterocycles. The molecule has 1 saturated heterocycles. The lowest BCUT2D eigenvalue weighted by molar-refractivity contribution is -0.130. The third kappa shape index (κ3) is 2.81. The normalized spacial score (nSPS) is 21.6. The Balaban J connectivity index is 1.38. The summed E-state index contributed by atoms with van der Waals surface area (Å²) in [5.74, 6) is 1.20. The standard InChI is InChI=1S/C21H18N2O7/c1-21(13-3-5-15-18(9-13)28-7-6-27-15)19(25)23(20(26)22-21)10-14(24)12-2-4-16-17(8-12)30-11-29-16/h2-5,8-9H,6-7,10-11H2,1H3,(H,22,26)/t21-/m1/s1. The van der Waals surface area contributed by atoms with Crippen LogP contribution in [0, 0.1) is 0 Å². The number of ketones is 1. The maximum absolute atomic E-state index is 13.1. The van der Waals surface area contributed by atoms with Gasteiger partial charge in [0.1, 0.15) is 18.8 Å². The first-order valence-electron chi connectivity index (χ1n) is 9.43. The lowest BCUT2D eigenvalue weighted by atomic mass is 9.91. The van der Waals surface area contributed by atoms with Crippen molar-refractivity contribution in [2.75, 3.05) is 26.6 Å². The molecule has 1 N–H and O–H groups in total. The number of fused-ring (bicyclic) bond motifs is 2. The third-order valence-corrected chi connectivity index (χ3v) is 5.39. The number of nitrogens with one attached hydrogen (secondary N) is 1. The topological polar surface area (TPSA) is 103 Å². The van der Waals surface area contributed by atoms with Gasteiger partial charge in [0.05, 0.1) is 6.54 Å². The number of carbonyl (C=O) groups is 3. The predicted molar refractivity (Wildman–Crippen MR) is 102 cm³/mol. The maximum atomic E-state index is 13.1. The minimum absolute atomic E-state index is 0.0912. The molecule has 0 bridgehead atoms. The molecule has 1 atom stereocenters. The number of urea groups is 1. The van der Waals surface area contributed by atoms with Crippen LogP contribution in [-0.2, 0) is 10.3 Å². The Morgan fingerprint density at radius 1 is 0.967 bits per heavy atom. The molecule has 154 valence electrons. The monoisotopic (exact) mass is 410 g/mol. The second kappa shape index (κ2) is 6.65. The van der Waals surface area contributed by atoms with Crippen LogP contribution < -0.4 is 24.3 Å². The summed E-state index contributed by atoms with van der Waals surface area (Å²) in [5.41, 5.74) is -0.446. The fourth-order valence-electron chi connectivity index (χ4n) is 3.70. The number of Topliss-reactive ketones (excluding diaryl/α,β-unsaturated/α-hetero) is 1. The smallest absolute Gasteiger partial charge is 0.325 e. The molecule has 3 aliphatic rings. The van der Waals surface area contributed by atoms with Gasteiger partial charge in [-0.25, -0.2) is 4.79 Å². The van der Waals surface area contributed by atoms with Crippen molar-refractivity contribution in [2.45, 2.75) is 12.5 Å². The molecule has 3 amide bonds. The zero-order valence-electron chi connectivity index (χ0n) is 16.1. The van der Waals surface area contributed by atoms with Gasteiger partial charge in [-0.2, -0.15) is 0 Å². The molecular weight excluding hydrogens is 392 g/mol. The minimum Gasteiger partial charge on any atom is -0.486 e. The molecule has 0 spiro atoms. The van der Waals surface area contributed by atoms with Crippen LogP contribution in [0.2, 0.25) is 0 Å². The van der Waals surface area contributed by atoms with Gasteiger partial charge < -0.3 is 24.3 Å². The van der Waals surface area contributed by atoms with Gasteiger partial charge in [-0.05, 0) is 42.8 Å². The predicted octanol–water partition coefficient (Wildman–Crippen LogP) is 1.84. The second-order valence-corrected chi connectivity index (χ2v) is 7.30. The first kappa shape index (κ1) is 18.3. The van der Waals surface area contributed by atoms with E-state index in [2.05, 4.69) is 5.32 Å². The Morgan fingerprint density at radius 2 is 1.63 bits per heavy atom. The Morgan fingerprint density at radius 3 is 2.47 bits per heavy atom. The first-order chi connectivity index (χ1) is 14.5. The van der Waals surface area contributed by atoms with Crippen LogP contribution in [0.4, 0.5) is 4.79 Å². The lowest BCUT2D eigenvalue weighted by Gasteiger charge is -2.25. The molecule has 3 aliphatic heterocycles. The fraction of sp³-hybridized carbons (Fsp3) is 0.286. The quantitative estimate of drug-likeness (QED) is 0.606. The van der Waals surface area contributed by atoms with E-state index in [0.29, 0.717) is 47.3 Å². The largest absolute Gasteiger partial charge is 0.486 e. The van der Waals surface area contributed by atoms with E-state index < -0.39 is 17.5 Å². The summed E-state index contributed by atoms with van der Waals surface area (Å²) >= 11 is 0. The number of carbonyl (C=O) groups excluding carboxylic acids is 3. The maximum Gasteiger partial charge on any atom is 0.325 e. The van der Waals surface area contributed by atoms with E-state index >= 15 is 0 Å². The zero-order valence-corrected chi connectivity index (χ0v) is 16.1. The van der Waals surface area contributed by atoms with E-state index in [4.69, 9.17) is 18.9 Å². The van der Waals surface area contributed by atoms with Gasteiger partial charge in [0.15, 0.2) is 28.8 Å². The third-order valence-electron chi connectivity index (χ3n) is 5.39. The Kier molecular flexibility index (Phi) is 4.05. The molecule has 0 unspecified atom stereocenters. The molecule has 3 heterocycles. The number of amides is 3. The van der Waals surface area contributed by atoms with Crippen molar-refractivity contribution in [1.29, 1.82) is 0 Å². The van der Waals surface area contributed by atoms with Gasteiger partial charge in [0.2, 0.25) is 6.79 Å². The van der Waals surface area contributed by atoms with E-state index in [-0.39, 0.29) is 19.1 Å². The molecule has 2 aromatic carbocycles. The summed E-state index contributed by atoms with van der Waals surface area (Å²) in [5, 5.41) is 2.70. The van der Waals surface area contributed by atoms with Crippen LogP contribution in [0.15, 0.2) is 36.4 Å². The van der Waals surface area contributed by atoms with Crippen molar-refractivity contribution in [3.05, 3.63) is 47.5 Å². The molecule has 30 heavy (non-hydrogen) atoms. The highest BCUT2D eigenvalue weighted by molar-refractivity contribution is 6.11. The molecule has 0 radical (unpaired) electrons. The van der Waals surface area contributed by atoms with Crippen LogP contribution in [-0.4, -0.2) is 49.2 Å².